The molecule has 0 nitrogen and oxygen atoms in total. The molecule has 0 atom stereocenters. The first-order valence-corrected chi connectivity index (χ1v) is 8.13. The van der Waals surface area contributed by atoms with Gasteiger partial charge >= 0.3 is 21.2 Å². The number of halogens is 1. The van der Waals surface area contributed by atoms with Gasteiger partial charge in [-0.25, -0.2) is 0 Å². The molecule has 3 rings (SSSR count). The first-order valence-electron chi connectivity index (χ1n) is 5.09. The van der Waals surface area contributed by atoms with E-state index >= 15 is 0 Å². The molecule has 3 aromatic rings. The van der Waals surface area contributed by atoms with Gasteiger partial charge in [0.2, 0.25) is 6.45 Å². The lowest BCUT2D eigenvalue weighted by Crippen LogP contribution is -3.61. The molecule has 0 saturated heterocycles. The topological polar surface area (TPSA) is 0 Å². The van der Waals surface area contributed by atoms with Gasteiger partial charge in [-0.3, -0.25) is 0 Å². The van der Waals surface area contributed by atoms with E-state index in [1.165, 1.54) is 17.2 Å². The molecule has 2 heteroatoms. The summed E-state index contributed by atoms with van der Waals surface area (Å²) in [5.74, 6) is 0. The van der Waals surface area contributed by atoms with E-state index < -0.39 is 0 Å². The Labute approximate surface area is 109 Å². The van der Waals surface area contributed by atoms with Crippen LogP contribution in [0.25, 0.3) is 10.8 Å². The summed E-state index contributed by atoms with van der Waals surface area (Å²) in [5.41, 5.74) is 0. The maximum absolute atomic E-state index is 2.27. The van der Waals surface area contributed by atoms with Gasteiger partial charge in [-0.1, -0.05) is 41.7 Å². The minimum absolute atomic E-state index is 0.0174. The number of hydrogen-bond donors (Lipinski definition) is 0. The molecule has 1 heterocycles. The number of thiophene rings is 1. The molecule has 0 N–H and O–H groups in total. The fourth-order valence-corrected chi connectivity index (χ4v) is 5.68. The summed E-state index contributed by atoms with van der Waals surface area (Å²) in [7, 11) is 0. The molecular formula is C14H10IS+. The van der Waals surface area contributed by atoms with Crippen molar-refractivity contribution in [2.75, 3.05) is 0 Å². The Hall–Kier alpha value is -0.870. The van der Waals surface area contributed by atoms with E-state index in [4.69, 9.17) is 0 Å². The average molecular weight is 337 g/mol. The molecule has 0 aliphatic carbocycles. The van der Waals surface area contributed by atoms with Crippen molar-refractivity contribution in [2.24, 2.45) is 0 Å². The van der Waals surface area contributed by atoms with Crippen molar-refractivity contribution in [2.45, 2.75) is 0 Å². The normalized spacial score (nSPS) is 10.8. The van der Waals surface area contributed by atoms with Gasteiger partial charge in [-0.05, 0) is 29.0 Å². The van der Waals surface area contributed by atoms with E-state index in [0.717, 1.165) is 0 Å². The van der Waals surface area contributed by atoms with Crippen LogP contribution in [0.5, 0.6) is 0 Å². The van der Waals surface area contributed by atoms with Crippen LogP contribution in [-0.4, -0.2) is 0 Å². The summed E-state index contributed by atoms with van der Waals surface area (Å²) >= 11 is 1.86. The van der Waals surface area contributed by atoms with Crippen molar-refractivity contribution in [1.29, 1.82) is 0 Å². The van der Waals surface area contributed by atoms with E-state index in [-0.39, 0.29) is 21.2 Å². The second kappa shape index (κ2) is 4.55. The molecule has 0 saturated carbocycles. The van der Waals surface area contributed by atoms with Crippen LogP contribution in [0.2, 0.25) is 0 Å². The molecule has 0 amide bonds. The van der Waals surface area contributed by atoms with Gasteiger partial charge < -0.3 is 0 Å². The molecule has 0 spiro atoms. The summed E-state index contributed by atoms with van der Waals surface area (Å²) in [6, 6.07) is 19.7. The summed E-state index contributed by atoms with van der Waals surface area (Å²) < 4.78 is 3.06. The van der Waals surface area contributed by atoms with Crippen molar-refractivity contribution in [1.82, 2.24) is 0 Å². The van der Waals surface area contributed by atoms with E-state index in [1.807, 2.05) is 11.3 Å². The Morgan fingerprint density at radius 2 is 1.69 bits per heavy atom. The predicted octanol–water partition coefficient (Wildman–Crippen LogP) is 1.03. The molecule has 0 unspecified atom stereocenters. The molecule has 0 aliphatic heterocycles. The molecule has 0 aliphatic rings. The summed E-state index contributed by atoms with van der Waals surface area (Å²) in [4.78, 5) is 0. The minimum atomic E-state index is -0.0174. The van der Waals surface area contributed by atoms with Gasteiger partial charge in [-0.15, -0.1) is 0 Å². The molecule has 0 fully saturated rings. The van der Waals surface area contributed by atoms with Gasteiger partial charge in [0.1, 0.15) is 0 Å². The molecule has 0 radical (unpaired) electrons. The first-order chi connectivity index (χ1) is 7.93. The zero-order valence-electron chi connectivity index (χ0n) is 8.56. The van der Waals surface area contributed by atoms with Crippen LogP contribution in [0.15, 0.2) is 60.0 Å². The van der Waals surface area contributed by atoms with Gasteiger partial charge in [0.15, 0.2) is 0 Å². The number of benzene rings is 2. The fraction of sp³-hybridized carbons (Fsp3) is 0. The quantitative estimate of drug-likeness (QED) is 0.613. The predicted molar refractivity (Wildman–Crippen MR) is 65.7 cm³/mol. The summed E-state index contributed by atoms with van der Waals surface area (Å²) in [6.07, 6.45) is 0. The van der Waals surface area contributed by atoms with Gasteiger partial charge in [0.05, 0.1) is 0 Å². The minimum Gasteiger partial charge on any atom is -0.0963 e. The highest BCUT2D eigenvalue weighted by molar-refractivity contribution is 7.07. The standard InChI is InChI=1S/C14H10IS/c1-2-7-12-11(5-1)6-3-8-13(12)15-14-9-4-10-16-14/h1-10H/q+1. The van der Waals surface area contributed by atoms with E-state index in [2.05, 4.69) is 60.0 Å². The lowest BCUT2D eigenvalue weighted by Gasteiger charge is -1.95. The molecule has 2 aromatic carbocycles. The highest BCUT2D eigenvalue weighted by atomic mass is 127. The first kappa shape index (κ1) is 10.3. The third-order valence-corrected chi connectivity index (χ3v) is 6.77. The van der Waals surface area contributed by atoms with Crippen molar-refractivity contribution in [3.63, 3.8) is 0 Å². The van der Waals surface area contributed by atoms with Crippen LogP contribution in [0.1, 0.15) is 0 Å². The van der Waals surface area contributed by atoms with Crippen LogP contribution in [-0.2, 0) is 0 Å². The smallest absolute Gasteiger partial charge is 0.0963 e. The monoisotopic (exact) mass is 337 g/mol. The number of rotatable bonds is 2. The van der Waals surface area contributed by atoms with Crippen LogP contribution in [0.3, 0.4) is 0 Å². The third kappa shape index (κ3) is 1.99. The largest absolute Gasteiger partial charge is 0.370 e. The zero-order chi connectivity index (χ0) is 10.8. The van der Waals surface area contributed by atoms with Gasteiger partial charge in [-0.2, -0.15) is 0 Å². The average Bonchev–Trinajstić information content (AvgIpc) is 2.82. The number of hydrogen-bond acceptors (Lipinski definition) is 1. The maximum Gasteiger partial charge on any atom is 0.370 e. The lowest BCUT2D eigenvalue weighted by atomic mass is 10.1. The molecule has 1 aromatic heterocycles. The Kier molecular flexibility index (Phi) is 2.93. The summed E-state index contributed by atoms with van der Waals surface area (Å²) in [6.45, 7) is 0. The van der Waals surface area contributed by atoms with E-state index in [9.17, 15) is 0 Å². The Morgan fingerprint density at radius 1 is 0.812 bits per heavy atom. The van der Waals surface area contributed by atoms with Gasteiger partial charge in [0, 0.05) is 11.5 Å². The zero-order valence-corrected chi connectivity index (χ0v) is 11.5. The highest BCUT2D eigenvalue weighted by Gasteiger charge is 2.18. The third-order valence-electron chi connectivity index (χ3n) is 2.42. The Bertz CT molecular complexity index is 594. The molecule has 78 valence electrons. The van der Waals surface area contributed by atoms with Crippen molar-refractivity contribution < 1.29 is 21.2 Å². The second-order valence-electron chi connectivity index (χ2n) is 3.47. The molecule has 0 bridgehead atoms. The molecular weight excluding hydrogens is 327 g/mol. The van der Waals surface area contributed by atoms with Crippen LogP contribution in [0.4, 0.5) is 0 Å². The van der Waals surface area contributed by atoms with Crippen molar-refractivity contribution >= 4 is 22.1 Å². The SMILES string of the molecule is c1csc([I+]c2cccc3ccccc23)c1. The summed E-state index contributed by atoms with van der Waals surface area (Å²) in [5, 5.41) is 4.95. The second-order valence-corrected chi connectivity index (χ2v) is 8.02. The fourth-order valence-electron chi connectivity index (χ4n) is 1.68. The van der Waals surface area contributed by atoms with E-state index in [1.54, 1.807) is 0 Å². The number of fused-ring (bicyclic) bond motifs is 1. The van der Waals surface area contributed by atoms with Crippen molar-refractivity contribution in [3.05, 3.63) is 66.4 Å². The lowest BCUT2D eigenvalue weighted by molar-refractivity contribution is -0.588. The Morgan fingerprint density at radius 3 is 2.56 bits per heavy atom. The van der Waals surface area contributed by atoms with Crippen LogP contribution < -0.4 is 21.2 Å². The molecule has 16 heavy (non-hydrogen) atoms. The van der Waals surface area contributed by atoms with Gasteiger partial charge in [0.25, 0.3) is 0 Å². The van der Waals surface area contributed by atoms with Crippen molar-refractivity contribution in [3.8, 4) is 0 Å². The van der Waals surface area contributed by atoms with E-state index in [0.29, 0.717) is 0 Å². The van der Waals surface area contributed by atoms with Crippen LogP contribution >= 0.6 is 11.3 Å². The highest BCUT2D eigenvalue weighted by Crippen LogP contribution is 2.12. The maximum atomic E-state index is 2.27. The van der Waals surface area contributed by atoms with Crippen LogP contribution in [0, 0.1) is 6.45 Å². The Balaban J connectivity index is 2.10.